The summed E-state index contributed by atoms with van der Waals surface area (Å²) in [5.41, 5.74) is 3.90. The van der Waals surface area contributed by atoms with E-state index >= 15 is 0 Å². The van der Waals surface area contributed by atoms with Crippen LogP contribution in [0.3, 0.4) is 0 Å². The molecule has 80 valence electrons. The number of carbonyl (C=O) groups excluding carboxylic acids is 1. The lowest BCUT2D eigenvalue weighted by Gasteiger charge is -2.01. The first-order chi connectivity index (χ1) is 7.15. The molecule has 0 unspecified atom stereocenters. The van der Waals surface area contributed by atoms with Gasteiger partial charge in [-0.25, -0.2) is 5.43 Å². The molecule has 0 saturated carbocycles. The van der Waals surface area contributed by atoms with Crippen LogP contribution in [0.25, 0.3) is 0 Å². The maximum absolute atomic E-state index is 11.4. The first kappa shape index (κ1) is 11.2. The number of hydrazone groups is 1. The average Bonchev–Trinajstić information content (AvgIpc) is 2.77. The molecule has 0 radical (unpaired) electrons. The third kappa shape index (κ3) is 3.05. The van der Waals surface area contributed by atoms with Crippen LogP contribution >= 0.6 is 0 Å². The van der Waals surface area contributed by atoms with Gasteiger partial charge in [-0.3, -0.25) is 4.79 Å². The number of carbonyl (C=O) groups is 1. The quantitative estimate of drug-likeness (QED) is 0.414. The summed E-state index contributed by atoms with van der Waals surface area (Å²) in [5.74, 6) is -0.231. The number of hydrogen-bond acceptors (Lipinski definition) is 4. The zero-order valence-electron chi connectivity index (χ0n) is 8.69. The number of allylic oxidation sites excluding steroid dienone is 3. The highest BCUT2D eigenvalue weighted by Gasteiger charge is 2.09. The van der Waals surface area contributed by atoms with E-state index in [0.717, 1.165) is 0 Å². The third-order valence-corrected chi connectivity index (χ3v) is 2.06. The van der Waals surface area contributed by atoms with Gasteiger partial charge in [0.25, 0.3) is 5.91 Å². The molecule has 0 aromatic rings. The van der Waals surface area contributed by atoms with Crippen LogP contribution in [0.1, 0.15) is 20.3 Å². The summed E-state index contributed by atoms with van der Waals surface area (Å²) in [6, 6.07) is 0. The van der Waals surface area contributed by atoms with Gasteiger partial charge < -0.3 is 5.21 Å². The van der Waals surface area contributed by atoms with Crippen LogP contribution in [-0.4, -0.2) is 22.5 Å². The van der Waals surface area contributed by atoms with Crippen LogP contribution in [0.15, 0.2) is 34.1 Å². The van der Waals surface area contributed by atoms with Gasteiger partial charge in [0.1, 0.15) is 0 Å². The molecule has 1 amide bonds. The van der Waals surface area contributed by atoms with Gasteiger partial charge in [0.15, 0.2) is 0 Å². The van der Waals surface area contributed by atoms with E-state index in [2.05, 4.69) is 15.7 Å². The Balaban J connectivity index is 2.53. The fraction of sp³-hybridized carbons (Fsp3) is 0.300. The third-order valence-electron chi connectivity index (χ3n) is 2.06. The second-order valence-corrected chi connectivity index (χ2v) is 3.15. The maximum Gasteiger partial charge on any atom is 0.267 e. The summed E-state index contributed by atoms with van der Waals surface area (Å²) >= 11 is 0. The van der Waals surface area contributed by atoms with Crippen LogP contribution in [0.5, 0.6) is 0 Å². The smallest absolute Gasteiger partial charge is 0.267 e. The number of oxime groups is 1. The predicted molar refractivity (Wildman–Crippen MR) is 58.0 cm³/mol. The topological polar surface area (TPSA) is 74.0 Å². The van der Waals surface area contributed by atoms with Crippen molar-refractivity contribution in [3.63, 3.8) is 0 Å². The van der Waals surface area contributed by atoms with Crippen molar-refractivity contribution in [1.82, 2.24) is 5.43 Å². The van der Waals surface area contributed by atoms with E-state index in [1.165, 1.54) is 0 Å². The maximum atomic E-state index is 11.4. The lowest BCUT2D eigenvalue weighted by atomic mass is 10.2. The van der Waals surface area contributed by atoms with Crippen LogP contribution in [0, 0.1) is 0 Å². The van der Waals surface area contributed by atoms with Crippen molar-refractivity contribution in [1.29, 1.82) is 0 Å². The van der Waals surface area contributed by atoms with Gasteiger partial charge in [-0.2, -0.15) is 5.10 Å². The summed E-state index contributed by atoms with van der Waals surface area (Å²) in [6.07, 6.45) is 6.10. The minimum Gasteiger partial charge on any atom is -0.411 e. The molecule has 0 bridgehead atoms. The van der Waals surface area contributed by atoms with Crippen molar-refractivity contribution < 1.29 is 10.0 Å². The molecule has 0 saturated heterocycles. The molecule has 0 aromatic heterocycles. The second-order valence-electron chi connectivity index (χ2n) is 3.15. The normalized spacial score (nSPS) is 16.5. The number of nitrogens with zero attached hydrogens (tertiary/aromatic N) is 2. The Morgan fingerprint density at radius 1 is 1.47 bits per heavy atom. The Morgan fingerprint density at radius 2 is 2.20 bits per heavy atom. The van der Waals surface area contributed by atoms with Crippen molar-refractivity contribution in [2.75, 3.05) is 0 Å². The molecule has 1 aliphatic carbocycles. The zero-order valence-corrected chi connectivity index (χ0v) is 8.69. The van der Waals surface area contributed by atoms with Gasteiger partial charge >= 0.3 is 0 Å². The van der Waals surface area contributed by atoms with Crippen molar-refractivity contribution >= 4 is 17.3 Å². The van der Waals surface area contributed by atoms with E-state index in [0.29, 0.717) is 23.4 Å². The van der Waals surface area contributed by atoms with E-state index in [9.17, 15) is 4.79 Å². The van der Waals surface area contributed by atoms with Gasteiger partial charge in [-0.15, -0.1) is 0 Å². The zero-order chi connectivity index (χ0) is 11.3. The molecular formula is C10H13N3O2. The second kappa shape index (κ2) is 5.09. The average molecular weight is 207 g/mol. The van der Waals surface area contributed by atoms with Crippen LogP contribution in [0.4, 0.5) is 0 Å². The fourth-order valence-electron chi connectivity index (χ4n) is 0.975. The minimum absolute atomic E-state index is 0.231. The Kier molecular flexibility index (Phi) is 3.79. The van der Waals surface area contributed by atoms with Crippen LogP contribution < -0.4 is 5.43 Å². The van der Waals surface area contributed by atoms with Gasteiger partial charge in [0, 0.05) is 5.57 Å². The Labute approximate surface area is 87.9 Å². The molecule has 0 aliphatic heterocycles. The standard InChI is InChI=1S/C10H13N3O2/c1-7(8(2)13-15)11-12-10(14)9-5-3-4-6-9/h3-5,15H,6H2,1-2H3,(H,12,14)/b11-7-,13-8+. The molecule has 0 spiro atoms. The van der Waals surface area contributed by atoms with Crippen LogP contribution in [-0.2, 0) is 4.79 Å². The van der Waals surface area contributed by atoms with Gasteiger partial charge in [0.2, 0.25) is 0 Å². The molecule has 1 aliphatic rings. The van der Waals surface area contributed by atoms with Gasteiger partial charge in [-0.05, 0) is 20.3 Å². The Hall–Kier alpha value is -1.91. The highest BCUT2D eigenvalue weighted by atomic mass is 16.4. The number of rotatable bonds is 3. The summed E-state index contributed by atoms with van der Waals surface area (Å²) in [7, 11) is 0. The van der Waals surface area contributed by atoms with Gasteiger partial charge in [0.05, 0.1) is 11.4 Å². The predicted octanol–water partition coefficient (Wildman–Crippen LogP) is 1.21. The van der Waals surface area contributed by atoms with E-state index in [1.807, 2.05) is 12.2 Å². The SMILES string of the molecule is CC(=N/NC(=O)C1=CC=CC1)/C(C)=N/O. The van der Waals surface area contributed by atoms with E-state index in [-0.39, 0.29) is 5.91 Å². The highest BCUT2D eigenvalue weighted by molar-refractivity contribution is 6.40. The Bertz CT molecular complexity index is 378. The summed E-state index contributed by atoms with van der Waals surface area (Å²) in [5, 5.41) is 15.2. The number of amides is 1. The molecule has 0 heterocycles. The van der Waals surface area contributed by atoms with E-state index < -0.39 is 0 Å². The molecule has 2 N–H and O–H groups in total. The van der Waals surface area contributed by atoms with Gasteiger partial charge in [-0.1, -0.05) is 23.4 Å². The molecule has 5 heteroatoms. The molecule has 0 aromatic carbocycles. The summed E-state index contributed by atoms with van der Waals surface area (Å²) in [4.78, 5) is 11.4. The van der Waals surface area contributed by atoms with Crippen molar-refractivity contribution in [2.45, 2.75) is 20.3 Å². The lowest BCUT2D eigenvalue weighted by molar-refractivity contribution is -0.117. The number of nitrogens with one attached hydrogen (secondary N) is 1. The van der Waals surface area contributed by atoms with E-state index in [1.54, 1.807) is 19.9 Å². The molecule has 0 atom stereocenters. The summed E-state index contributed by atoms with van der Waals surface area (Å²) in [6.45, 7) is 3.25. The first-order valence-electron chi connectivity index (χ1n) is 4.54. The van der Waals surface area contributed by atoms with Crippen molar-refractivity contribution in [2.24, 2.45) is 10.3 Å². The monoisotopic (exact) mass is 207 g/mol. The summed E-state index contributed by atoms with van der Waals surface area (Å²) < 4.78 is 0. The largest absolute Gasteiger partial charge is 0.411 e. The molecule has 0 fully saturated rings. The molecule has 5 nitrogen and oxygen atoms in total. The fourth-order valence-corrected chi connectivity index (χ4v) is 0.975. The highest BCUT2D eigenvalue weighted by Crippen LogP contribution is 2.09. The minimum atomic E-state index is -0.231. The van der Waals surface area contributed by atoms with Crippen molar-refractivity contribution in [3.05, 3.63) is 23.8 Å². The lowest BCUT2D eigenvalue weighted by Crippen LogP contribution is -2.22. The van der Waals surface area contributed by atoms with Crippen LogP contribution in [0.2, 0.25) is 0 Å². The van der Waals surface area contributed by atoms with Crippen molar-refractivity contribution in [3.8, 4) is 0 Å². The first-order valence-corrected chi connectivity index (χ1v) is 4.54. The molecule has 1 rings (SSSR count). The van der Waals surface area contributed by atoms with E-state index in [4.69, 9.17) is 5.21 Å². The number of hydrogen-bond donors (Lipinski definition) is 2. The Morgan fingerprint density at radius 3 is 2.73 bits per heavy atom. The molecule has 15 heavy (non-hydrogen) atoms. The molecular weight excluding hydrogens is 194 g/mol.